The highest BCUT2D eigenvalue weighted by atomic mass is 32.2. The number of nitrogens with zero attached hydrogens (tertiary/aromatic N) is 1. The Kier molecular flexibility index (Phi) is 6.63. The Balaban J connectivity index is 2.53. The van der Waals surface area contributed by atoms with Gasteiger partial charge in [-0.3, -0.25) is 0 Å². The molecule has 1 heterocycles. The normalized spacial score (nSPS) is 13.8. The quantitative estimate of drug-likeness (QED) is 0.706. The van der Waals surface area contributed by atoms with Gasteiger partial charge in [-0.2, -0.15) is 0 Å². The van der Waals surface area contributed by atoms with Gasteiger partial charge in [-0.25, -0.2) is 12.7 Å². The van der Waals surface area contributed by atoms with E-state index in [9.17, 15) is 8.42 Å². The minimum atomic E-state index is -3.52. The molecule has 0 radical (unpaired) electrons. The van der Waals surface area contributed by atoms with E-state index in [2.05, 4.69) is 5.32 Å². The monoisotopic (exact) mass is 306 g/mol. The van der Waals surface area contributed by atoms with E-state index in [1.807, 2.05) is 0 Å². The largest absolute Gasteiger partial charge is 0.447 e. The average Bonchev–Trinajstić information content (AvgIpc) is 2.87. The van der Waals surface area contributed by atoms with Gasteiger partial charge in [0, 0.05) is 34.9 Å². The van der Waals surface area contributed by atoms with Crippen LogP contribution in [0.1, 0.15) is 5.76 Å². The van der Waals surface area contributed by atoms with Crippen molar-refractivity contribution in [2.45, 2.75) is 17.7 Å². The Labute approximate surface area is 119 Å². The SMILES string of the molecule is COCC(CNCc1ccc(S(=O)(=O)N(C)C)o1)OC. The Bertz CT molecular complexity index is 498. The van der Waals surface area contributed by atoms with Crippen molar-refractivity contribution in [3.8, 4) is 0 Å². The summed E-state index contributed by atoms with van der Waals surface area (Å²) in [5.41, 5.74) is 0. The van der Waals surface area contributed by atoms with Crippen molar-refractivity contribution in [3.63, 3.8) is 0 Å². The topological polar surface area (TPSA) is 81.0 Å². The molecule has 116 valence electrons. The molecule has 0 amide bonds. The number of ether oxygens (including phenoxy) is 2. The molecule has 0 aromatic carbocycles. The summed E-state index contributed by atoms with van der Waals surface area (Å²) >= 11 is 0. The number of rotatable bonds is 9. The lowest BCUT2D eigenvalue weighted by Crippen LogP contribution is -2.31. The second-order valence-electron chi connectivity index (χ2n) is 4.45. The van der Waals surface area contributed by atoms with Crippen LogP contribution in [0, 0.1) is 0 Å². The Morgan fingerprint density at radius 3 is 2.60 bits per heavy atom. The predicted molar refractivity (Wildman–Crippen MR) is 74.0 cm³/mol. The van der Waals surface area contributed by atoms with Crippen LogP contribution in [0.4, 0.5) is 0 Å². The maximum Gasteiger partial charge on any atom is 0.275 e. The maximum atomic E-state index is 11.8. The molecule has 0 aliphatic rings. The first-order valence-electron chi connectivity index (χ1n) is 6.15. The van der Waals surface area contributed by atoms with Gasteiger partial charge in [0.25, 0.3) is 10.0 Å². The van der Waals surface area contributed by atoms with Crippen molar-refractivity contribution < 1.29 is 22.3 Å². The molecule has 0 saturated heterocycles. The van der Waals surface area contributed by atoms with Crippen molar-refractivity contribution in [2.24, 2.45) is 0 Å². The molecule has 1 atom stereocenters. The molecule has 1 N–H and O–H groups in total. The highest BCUT2D eigenvalue weighted by molar-refractivity contribution is 7.88. The third-order valence-electron chi connectivity index (χ3n) is 2.73. The lowest BCUT2D eigenvalue weighted by molar-refractivity contribution is 0.0285. The summed E-state index contributed by atoms with van der Waals surface area (Å²) in [6.07, 6.45) is -0.0556. The molecular weight excluding hydrogens is 284 g/mol. The third kappa shape index (κ3) is 4.57. The molecule has 20 heavy (non-hydrogen) atoms. The molecule has 1 unspecified atom stereocenters. The smallest absolute Gasteiger partial charge is 0.275 e. The molecule has 0 aliphatic carbocycles. The number of sulfonamides is 1. The van der Waals surface area contributed by atoms with E-state index in [1.165, 1.54) is 20.2 Å². The van der Waals surface area contributed by atoms with E-state index in [4.69, 9.17) is 13.9 Å². The van der Waals surface area contributed by atoms with Gasteiger partial charge in [0.05, 0.1) is 19.3 Å². The van der Waals surface area contributed by atoms with Crippen LogP contribution >= 0.6 is 0 Å². The number of methoxy groups -OCH3 is 2. The maximum absolute atomic E-state index is 11.8. The standard InChI is InChI=1S/C12H22N2O5S/c1-14(2)20(15,16)12-6-5-10(19-12)7-13-8-11(18-4)9-17-3/h5-6,11,13H,7-9H2,1-4H3. The number of nitrogens with one attached hydrogen (secondary N) is 1. The lowest BCUT2D eigenvalue weighted by atomic mass is 10.3. The van der Waals surface area contributed by atoms with Crippen LogP contribution in [-0.2, 0) is 26.0 Å². The first kappa shape index (κ1) is 17.1. The summed E-state index contributed by atoms with van der Waals surface area (Å²) < 4.78 is 40.3. The molecular formula is C12H22N2O5S. The van der Waals surface area contributed by atoms with Gasteiger partial charge in [-0.15, -0.1) is 0 Å². The molecule has 0 saturated carbocycles. The second kappa shape index (κ2) is 7.75. The average molecular weight is 306 g/mol. The summed E-state index contributed by atoms with van der Waals surface area (Å²) in [6.45, 7) is 1.50. The zero-order valence-corrected chi connectivity index (χ0v) is 13.1. The van der Waals surface area contributed by atoms with Crippen LogP contribution < -0.4 is 5.32 Å². The third-order valence-corrected chi connectivity index (χ3v) is 4.42. The van der Waals surface area contributed by atoms with Crippen molar-refractivity contribution >= 4 is 10.0 Å². The summed E-state index contributed by atoms with van der Waals surface area (Å²) in [5.74, 6) is 0.553. The van der Waals surface area contributed by atoms with Crippen molar-refractivity contribution in [3.05, 3.63) is 17.9 Å². The fourth-order valence-corrected chi connectivity index (χ4v) is 2.34. The molecule has 1 rings (SSSR count). The molecule has 7 nitrogen and oxygen atoms in total. The van der Waals surface area contributed by atoms with Crippen molar-refractivity contribution in [1.29, 1.82) is 0 Å². The van der Waals surface area contributed by atoms with Crippen LogP contribution in [0.3, 0.4) is 0 Å². The second-order valence-corrected chi connectivity index (χ2v) is 6.53. The first-order chi connectivity index (χ1) is 9.41. The molecule has 1 aromatic heterocycles. The molecule has 0 aliphatic heterocycles. The van der Waals surface area contributed by atoms with Crippen LogP contribution in [-0.4, -0.2) is 60.3 Å². The summed E-state index contributed by atoms with van der Waals surface area (Å²) in [6, 6.07) is 3.09. The van der Waals surface area contributed by atoms with E-state index in [-0.39, 0.29) is 11.2 Å². The van der Waals surface area contributed by atoms with Crippen LogP contribution in [0.2, 0.25) is 0 Å². The highest BCUT2D eigenvalue weighted by Crippen LogP contribution is 2.16. The van der Waals surface area contributed by atoms with E-state index in [0.717, 1.165) is 4.31 Å². The minimum Gasteiger partial charge on any atom is -0.447 e. The van der Waals surface area contributed by atoms with Gasteiger partial charge >= 0.3 is 0 Å². The summed E-state index contributed by atoms with van der Waals surface area (Å²) in [5, 5.41) is 3.07. The van der Waals surface area contributed by atoms with Gasteiger partial charge in [-0.05, 0) is 12.1 Å². The molecule has 8 heteroatoms. The Morgan fingerprint density at radius 2 is 2.05 bits per heavy atom. The molecule has 1 aromatic rings. The predicted octanol–water partition coefficient (Wildman–Crippen LogP) is 0.281. The number of furan rings is 1. The fraction of sp³-hybridized carbons (Fsp3) is 0.667. The van der Waals surface area contributed by atoms with Gasteiger partial charge in [-0.1, -0.05) is 0 Å². The highest BCUT2D eigenvalue weighted by Gasteiger charge is 2.21. The van der Waals surface area contributed by atoms with Crippen LogP contribution in [0.5, 0.6) is 0 Å². The molecule has 0 fully saturated rings. The fourth-order valence-electron chi connectivity index (χ4n) is 1.52. The Hall–Kier alpha value is -0.930. The van der Waals surface area contributed by atoms with E-state index < -0.39 is 10.0 Å². The zero-order chi connectivity index (χ0) is 15.2. The van der Waals surface area contributed by atoms with Crippen LogP contribution in [0.25, 0.3) is 0 Å². The van der Waals surface area contributed by atoms with Crippen LogP contribution in [0.15, 0.2) is 21.6 Å². The van der Waals surface area contributed by atoms with Gasteiger partial charge in [0.15, 0.2) is 0 Å². The van der Waals surface area contributed by atoms with E-state index in [0.29, 0.717) is 25.5 Å². The van der Waals surface area contributed by atoms with E-state index in [1.54, 1.807) is 20.3 Å². The van der Waals surface area contributed by atoms with Gasteiger partial charge < -0.3 is 19.2 Å². The van der Waals surface area contributed by atoms with Gasteiger partial charge in [0.2, 0.25) is 5.09 Å². The van der Waals surface area contributed by atoms with Crippen molar-refractivity contribution in [1.82, 2.24) is 9.62 Å². The molecule has 0 bridgehead atoms. The zero-order valence-electron chi connectivity index (χ0n) is 12.3. The summed E-state index contributed by atoms with van der Waals surface area (Å²) in [4.78, 5) is 0. The lowest BCUT2D eigenvalue weighted by Gasteiger charge is -2.14. The summed E-state index contributed by atoms with van der Waals surface area (Å²) in [7, 11) is 2.63. The number of hydrogen-bond donors (Lipinski definition) is 1. The van der Waals surface area contributed by atoms with Crippen molar-refractivity contribution in [2.75, 3.05) is 41.5 Å². The molecule has 0 spiro atoms. The van der Waals surface area contributed by atoms with Gasteiger partial charge in [0.1, 0.15) is 5.76 Å². The number of hydrogen-bond acceptors (Lipinski definition) is 6. The minimum absolute atomic E-state index is 0.0556. The first-order valence-corrected chi connectivity index (χ1v) is 7.59. The van der Waals surface area contributed by atoms with E-state index >= 15 is 0 Å². The Morgan fingerprint density at radius 1 is 1.35 bits per heavy atom.